The van der Waals surface area contributed by atoms with Crippen LogP contribution >= 0.6 is 0 Å². The molecule has 118 valence electrons. The lowest BCUT2D eigenvalue weighted by molar-refractivity contribution is -0.112. The van der Waals surface area contributed by atoms with Crippen LogP contribution in [0.3, 0.4) is 0 Å². The van der Waals surface area contributed by atoms with Gasteiger partial charge in [0, 0.05) is 30.4 Å². The van der Waals surface area contributed by atoms with Gasteiger partial charge in [-0.05, 0) is 31.9 Å². The summed E-state index contributed by atoms with van der Waals surface area (Å²) in [6.45, 7) is 6.88. The van der Waals surface area contributed by atoms with E-state index in [0.717, 1.165) is 25.9 Å². The number of hydrogen-bond acceptors (Lipinski definition) is 4. The number of amides is 2. The molecule has 6 heteroatoms. The predicted molar refractivity (Wildman–Crippen MR) is 84.5 cm³/mol. The summed E-state index contributed by atoms with van der Waals surface area (Å²) >= 11 is 0. The summed E-state index contributed by atoms with van der Waals surface area (Å²) in [6, 6.07) is 6.68. The SMILES string of the molecule is C=C(C)C(=O)Nc1cccc(OC(=O)NN2CCCCC2)c1. The fraction of sp³-hybridized carbons (Fsp3) is 0.375. The normalized spacial score (nSPS) is 15.0. The molecular weight excluding hydrogens is 282 g/mol. The summed E-state index contributed by atoms with van der Waals surface area (Å²) in [5.74, 6) is 0.101. The first kappa shape index (κ1) is 16.0. The number of piperidine rings is 1. The first-order chi connectivity index (χ1) is 10.5. The Kier molecular flexibility index (Phi) is 5.55. The molecule has 1 saturated heterocycles. The molecule has 0 bridgehead atoms. The van der Waals surface area contributed by atoms with Crippen LogP contribution < -0.4 is 15.5 Å². The Labute approximate surface area is 130 Å². The van der Waals surface area contributed by atoms with Crippen molar-refractivity contribution in [3.63, 3.8) is 0 Å². The number of nitrogens with zero attached hydrogens (tertiary/aromatic N) is 1. The molecule has 0 unspecified atom stereocenters. The standard InChI is InChI=1S/C16H21N3O3/c1-12(2)15(20)17-13-7-6-8-14(11-13)22-16(21)18-19-9-4-3-5-10-19/h6-8,11H,1,3-5,9-10H2,2H3,(H,17,20)(H,18,21). The quantitative estimate of drug-likeness (QED) is 0.839. The van der Waals surface area contributed by atoms with E-state index in [4.69, 9.17) is 4.74 Å². The fourth-order valence-electron chi connectivity index (χ4n) is 2.14. The number of hydrogen-bond donors (Lipinski definition) is 2. The molecule has 0 spiro atoms. The Hall–Kier alpha value is -2.34. The Bertz CT molecular complexity index is 566. The molecular formula is C16H21N3O3. The van der Waals surface area contributed by atoms with E-state index >= 15 is 0 Å². The molecule has 6 nitrogen and oxygen atoms in total. The van der Waals surface area contributed by atoms with Crippen molar-refractivity contribution in [2.75, 3.05) is 18.4 Å². The predicted octanol–water partition coefficient (Wildman–Crippen LogP) is 2.69. The number of carbonyl (C=O) groups excluding carboxylic acids is 2. The van der Waals surface area contributed by atoms with Crippen molar-refractivity contribution < 1.29 is 14.3 Å². The minimum Gasteiger partial charge on any atom is -0.409 e. The van der Waals surface area contributed by atoms with Crippen molar-refractivity contribution >= 4 is 17.7 Å². The molecule has 2 amide bonds. The molecule has 0 aromatic heterocycles. The summed E-state index contributed by atoms with van der Waals surface area (Å²) in [5, 5.41) is 4.54. The van der Waals surface area contributed by atoms with Gasteiger partial charge in [0.1, 0.15) is 5.75 Å². The second-order valence-corrected chi connectivity index (χ2v) is 5.31. The number of anilines is 1. The van der Waals surface area contributed by atoms with Crippen LogP contribution in [0, 0.1) is 0 Å². The molecule has 0 aliphatic carbocycles. The summed E-state index contributed by atoms with van der Waals surface area (Å²) in [6.07, 6.45) is 2.81. The van der Waals surface area contributed by atoms with Crippen molar-refractivity contribution in [1.82, 2.24) is 10.4 Å². The number of benzene rings is 1. The van der Waals surface area contributed by atoms with Gasteiger partial charge in [0.05, 0.1) is 0 Å². The number of carbonyl (C=O) groups is 2. The van der Waals surface area contributed by atoms with Gasteiger partial charge in [-0.1, -0.05) is 19.1 Å². The highest BCUT2D eigenvalue weighted by molar-refractivity contribution is 6.02. The molecule has 1 heterocycles. The van der Waals surface area contributed by atoms with Crippen LogP contribution in [-0.2, 0) is 4.79 Å². The molecule has 0 saturated carbocycles. The second kappa shape index (κ2) is 7.61. The third-order valence-electron chi connectivity index (χ3n) is 3.30. The van der Waals surface area contributed by atoms with Gasteiger partial charge < -0.3 is 10.1 Å². The van der Waals surface area contributed by atoms with E-state index in [1.165, 1.54) is 6.42 Å². The Morgan fingerprint density at radius 2 is 1.95 bits per heavy atom. The van der Waals surface area contributed by atoms with Gasteiger partial charge in [0.15, 0.2) is 0 Å². The van der Waals surface area contributed by atoms with E-state index in [9.17, 15) is 9.59 Å². The van der Waals surface area contributed by atoms with E-state index in [-0.39, 0.29) is 5.91 Å². The Morgan fingerprint density at radius 1 is 1.23 bits per heavy atom. The van der Waals surface area contributed by atoms with Crippen LogP contribution in [0.15, 0.2) is 36.4 Å². The first-order valence-electron chi connectivity index (χ1n) is 7.35. The molecule has 0 atom stereocenters. The van der Waals surface area contributed by atoms with Gasteiger partial charge in [-0.2, -0.15) is 0 Å². The molecule has 2 rings (SSSR count). The van der Waals surface area contributed by atoms with Crippen molar-refractivity contribution in [3.8, 4) is 5.75 Å². The highest BCUT2D eigenvalue weighted by Gasteiger charge is 2.14. The van der Waals surface area contributed by atoms with Crippen LogP contribution in [-0.4, -0.2) is 30.1 Å². The fourth-order valence-corrected chi connectivity index (χ4v) is 2.14. The molecule has 1 aromatic rings. The van der Waals surface area contributed by atoms with Crippen LogP contribution in [0.4, 0.5) is 10.5 Å². The zero-order valence-electron chi connectivity index (χ0n) is 12.7. The van der Waals surface area contributed by atoms with E-state index in [0.29, 0.717) is 17.0 Å². The maximum atomic E-state index is 11.8. The van der Waals surface area contributed by atoms with Crippen molar-refractivity contribution in [2.24, 2.45) is 0 Å². The average molecular weight is 303 g/mol. The first-order valence-corrected chi connectivity index (χ1v) is 7.35. The second-order valence-electron chi connectivity index (χ2n) is 5.31. The summed E-state index contributed by atoms with van der Waals surface area (Å²) in [4.78, 5) is 23.4. The van der Waals surface area contributed by atoms with E-state index in [2.05, 4.69) is 17.3 Å². The van der Waals surface area contributed by atoms with Crippen molar-refractivity contribution in [1.29, 1.82) is 0 Å². The number of rotatable bonds is 4. The van der Waals surface area contributed by atoms with Crippen molar-refractivity contribution in [2.45, 2.75) is 26.2 Å². The number of nitrogens with one attached hydrogen (secondary N) is 2. The minimum absolute atomic E-state index is 0.269. The Balaban J connectivity index is 1.90. The van der Waals surface area contributed by atoms with Crippen LogP contribution in [0.2, 0.25) is 0 Å². The molecule has 0 radical (unpaired) electrons. The van der Waals surface area contributed by atoms with E-state index in [1.807, 2.05) is 5.01 Å². The lowest BCUT2D eigenvalue weighted by Crippen LogP contribution is -2.46. The third kappa shape index (κ3) is 4.89. The average Bonchev–Trinajstić information content (AvgIpc) is 2.48. The number of ether oxygens (including phenoxy) is 1. The smallest absolute Gasteiger partial charge is 0.409 e. The maximum absolute atomic E-state index is 11.8. The topological polar surface area (TPSA) is 70.7 Å². The zero-order valence-corrected chi connectivity index (χ0v) is 12.7. The van der Waals surface area contributed by atoms with Crippen LogP contribution in [0.25, 0.3) is 0 Å². The summed E-state index contributed by atoms with van der Waals surface area (Å²) < 4.78 is 5.23. The summed E-state index contributed by atoms with van der Waals surface area (Å²) in [5.41, 5.74) is 3.68. The highest BCUT2D eigenvalue weighted by Crippen LogP contribution is 2.18. The van der Waals surface area contributed by atoms with E-state index in [1.54, 1.807) is 31.2 Å². The van der Waals surface area contributed by atoms with Crippen molar-refractivity contribution in [3.05, 3.63) is 36.4 Å². The zero-order chi connectivity index (χ0) is 15.9. The molecule has 2 N–H and O–H groups in total. The Morgan fingerprint density at radius 3 is 2.64 bits per heavy atom. The lowest BCUT2D eigenvalue weighted by atomic mass is 10.2. The van der Waals surface area contributed by atoms with Gasteiger partial charge in [-0.25, -0.2) is 9.80 Å². The molecule has 1 aliphatic heterocycles. The van der Waals surface area contributed by atoms with Gasteiger partial charge in [0.25, 0.3) is 5.91 Å². The number of hydrazine groups is 1. The van der Waals surface area contributed by atoms with Gasteiger partial charge in [0.2, 0.25) is 0 Å². The third-order valence-corrected chi connectivity index (χ3v) is 3.30. The van der Waals surface area contributed by atoms with Gasteiger partial charge in [-0.15, -0.1) is 0 Å². The molecule has 1 fully saturated rings. The maximum Gasteiger partial charge on any atom is 0.427 e. The highest BCUT2D eigenvalue weighted by atomic mass is 16.6. The minimum atomic E-state index is -0.523. The largest absolute Gasteiger partial charge is 0.427 e. The molecule has 1 aliphatic rings. The van der Waals surface area contributed by atoms with Gasteiger partial charge in [-0.3, -0.25) is 10.2 Å². The molecule has 1 aromatic carbocycles. The summed E-state index contributed by atoms with van der Waals surface area (Å²) in [7, 11) is 0. The lowest BCUT2D eigenvalue weighted by Gasteiger charge is -2.26. The van der Waals surface area contributed by atoms with E-state index < -0.39 is 6.09 Å². The molecule has 22 heavy (non-hydrogen) atoms. The monoisotopic (exact) mass is 303 g/mol. The van der Waals surface area contributed by atoms with Crippen LogP contribution in [0.5, 0.6) is 5.75 Å². The van der Waals surface area contributed by atoms with Gasteiger partial charge >= 0.3 is 6.09 Å². The van der Waals surface area contributed by atoms with Crippen LogP contribution in [0.1, 0.15) is 26.2 Å².